The van der Waals surface area contributed by atoms with E-state index in [1.165, 1.54) is 12.1 Å². The highest BCUT2D eigenvalue weighted by molar-refractivity contribution is 5.65. The van der Waals surface area contributed by atoms with Crippen LogP contribution in [0.3, 0.4) is 0 Å². The van der Waals surface area contributed by atoms with Crippen molar-refractivity contribution in [3.8, 4) is 11.1 Å². The molecule has 1 saturated carbocycles. The molecule has 4 rings (SSSR count). The average Bonchev–Trinajstić information content (AvgIpc) is 3.00. The van der Waals surface area contributed by atoms with Gasteiger partial charge in [0.25, 0.3) is 0 Å². The minimum atomic E-state index is -0.937. The Hall–Kier alpha value is -2.63. The van der Waals surface area contributed by atoms with E-state index in [9.17, 15) is 9.18 Å². The lowest BCUT2D eigenvalue weighted by atomic mass is 9.65. The SMILES string of the molecule is O=C(O)NC1CC2(CCN(c3ccc(-c4ccc(F)cc4)cn3)C2)C1. The zero-order chi connectivity index (χ0) is 17.4. The number of nitrogens with zero attached hydrogens (tertiary/aromatic N) is 2. The second kappa shape index (κ2) is 6.02. The number of halogens is 1. The molecule has 5 nitrogen and oxygen atoms in total. The van der Waals surface area contributed by atoms with Gasteiger partial charge in [0.1, 0.15) is 11.6 Å². The highest BCUT2D eigenvalue weighted by Crippen LogP contribution is 2.48. The number of nitrogens with one attached hydrogen (secondary N) is 1. The van der Waals surface area contributed by atoms with Gasteiger partial charge in [-0.05, 0) is 54.5 Å². The van der Waals surface area contributed by atoms with Crippen molar-refractivity contribution in [1.82, 2.24) is 10.3 Å². The summed E-state index contributed by atoms with van der Waals surface area (Å²) in [4.78, 5) is 17.5. The van der Waals surface area contributed by atoms with E-state index in [0.29, 0.717) is 0 Å². The second-order valence-corrected chi connectivity index (χ2v) is 7.14. The van der Waals surface area contributed by atoms with Gasteiger partial charge in [0.2, 0.25) is 0 Å². The summed E-state index contributed by atoms with van der Waals surface area (Å²) in [6, 6.07) is 10.5. The first-order valence-corrected chi connectivity index (χ1v) is 8.49. The van der Waals surface area contributed by atoms with Gasteiger partial charge in [0.05, 0.1) is 0 Å². The maximum atomic E-state index is 13.0. The predicted molar refractivity (Wildman–Crippen MR) is 93.1 cm³/mol. The first-order valence-electron chi connectivity index (χ1n) is 8.49. The molecule has 130 valence electrons. The molecule has 1 aliphatic heterocycles. The molecule has 0 unspecified atom stereocenters. The zero-order valence-electron chi connectivity index (χ0n) is 13.8. The molecule has 2 aromatic rings. The largest absolute Gasteiger partial charge is 0.465 e. The summed E-state index contributed by atoms with van der Waals surface area (Å²) >= 11 is 0. The van der Waals surface area contributed by atoms with Crippen molar-refractivity contribution in [2.45, 2.75) is 25.3 Å². The van der Waals surface area contributed by atoms with E-state index in [2.05, 4.69) is 15.2 Å². The monoisotopic (exact) mass is 341 g/mol. The molecule has 0 atom stereocenters. The van der Waals surface area contributed by atoms with E-state index in [1.807, 2.05) is 18.3 Å². The molecule has 0 bridgehead atoms. The number of pyridine rings is 1. The number of rotatable bonds is 3. The van der Waals surface area contributed by atoms with Crippen LogP contribution in [0, 0.1) is 11.2 Å². The van der Waals surface area contributed by atoms with Crippen LogP contribution in [-0.2, 0) is 0 Å². The van der Waals surface area contributed by atoms with Crippen LogP contribution in [0.5, 0.6) is 0 Å². The molecule has 0 radical (unpaired) electrons. The number of hydrogen-bond donors (Lipinski definition) is 2. The topological polar surface area (TPSA) is 65.5 Å². The van der Waals surface area contributed by atoms with Crippen molar-refractivity contribution < 1.29 is 14.3 Å². The maximum Gasteiger partial charge on any atom is 0.404 e. The Morgan fingerprint density at radius 3 is 2.56 bits per heavy atom. The molecule has 2 fully saturated rings. The molecule has 1 aromatic carbocycles. The van der Waals surface area contributed by atoms with Crippen LogP contribution >= 0.6 is 0 Å². The Morgan fingerprint density at radius 1 is 1.20 bits per heavy atom. The Labute approximate surface area is 145 Å². The van der Waals surface area contributed by atoms with E-state index < -0.39 is 6.09 Å². The van der Waals surface area contributed by atoms with Gasteiger partial charge in [0, 0.05) is 30.9 Å². The summed E-state index contributed by atoms with van der Waals surface area (Å²) in [6.07, 6.45) is 3.77. The third kappa shape index (κ3) is 3.16. The lowest BCUT2D eigenvalue weighted by molar-refractivity contribution is 0.102. The molecule has 25 heavy (non-hydrogen) atoms. The summed E-state index contributed by atoms with van der Waals surface area (Å²) in [5.74, 6) is 0.698. The summed E-state index contributed by atoms with van der Waals surface area (Å²) in [5.41, 5.74) is 2.14. The zero-order valence-corrected chi connectivity index (χ0v) is 13.8. The highest BCUT2D eigenvalue weighted by atomic mass is 19.1. The van der Waals surface area contributed by atoms with Gasteiger partial charge < -0.3 is 15.3 Å². The van der Waals surface area contributed by atoms with E-state index in [4.69, 9.17) is 5.11 Å². The molecule has 6 heteroatoms. The molecule has 2 N–H and O–H groups in total. The standard InChI is InChI=1S/C19H20FN3O2/c20-15-4-1-13(2-5-15)14-3-6-17(21-11-14)23-8-7-19(12-23)9-16(10-19)22-18(24)25/h1-6,11,16,22H,7-10,12H2,(H,24,25). The second-order valence-electron chi connectivity index (χ2n) is 7.14. The lowest BCUT2D eigenvalue weighted by Gasteiger charge is -2.44. The number of benzene rings is 1. The minimum absolute atomic E-state index is 0.0891. The minimum Gasteiger partial charge on any atom is -0.465 e. The molecule has 1 amide bonds. The van der Waals surface area contributed by atoms with Crippen molar-refractivity contribution in [2.24, 2.45) is 5.41 Å². The molecule has 1 saturated heterocycles. The number of hydrogen-bond acceptors (Lipinski definition) is 3. The van der Waals surface area contributed by atoms with Crippen LogP contribution in [0.15, 0.2) is 42.6 Å². The van der Waals surface area contributed by atoms with Crippen molar-refractivity contribution in [2.75, 3.05) is 18.0 Å². The van der Waals surface area contributed by atoms with E-state index >= 15 is 0 Å². The molecule has 1 aromatic heterocycles. The van der Waals surface area contributed by atoms with Crippen LogP contribution in [0.1, 0.15) is 19.3 Å². The number of carbonyl (C=O) groups is 1. The smallest absolute Gasteiger partial charge is 0.404 e. The van der Waals surface area contributed by atoms with Gasteiger partial charge in [-0.25, -0.2) is 14.2 Å². The van der Waals surface area contributed by atoms with Crippen LogP contribution in [0.4, 0.5) is 15.0 Å². The molecule has 1 aliphatic carbocycles. The number of anilines is 1. The van der Waals surface area contributed by atoms with Crippen molar-refractivity contribution in [1.29, 1.82) is 0 Å². The Balaban J connectivity index is 1.40. The number of carboxylic acid groups (broad SMARTS) is 1. The summed E-state index contributed by atoms with van der Waals surface area (Å²) in [5, 5.41) is 11.4. The fraction of sp³-hybridized carbons (Fsp3) is 0.368. The molecule has 2 heterocycles. The quantitative estimate of drug-likeness (QED) is 0.896. The van der Waals surface area contributed by atoms with Crippen LogP contribution in [0.25, 0.3) is 11.1 Å². The fourth-order valence-electron chi connectivity index (χ4n) is 4.11. The third-order valence-corrected chi connectivity index (χ3v) is 5.37. The number of aromatic nitrogens is 1. The number of amides is 1. The maximum absolute atomic E-state index is 13.0. The van der Waals surface area contributed by atoms with Crippen LogP contribution < -0.4 is 10.2 Å². The summed E-state index contributed by atoms with van der Waals surface area (Å²) in [6.45, 7) is 1.87. The van der Waals surface area contributed by atoms with Crippen molar-refractivity contribution in [3.63, 3.8) is 0 Å². The summed E-state index contributed by atoms with van der Waals surface area (Å²) in [7, 11) is 0. The van der Waals surface area contributed by atoms with Crippen molar-refractivity contribution >= 4 is 11.9 Å². The average molecular weight is 341 g/mol. The van der Waals surface area contributed by atoms with E-state index in [-0.39, 0.29) is 17.3 Å². The van der Waals surface area contributed by atoms with Gasteiger partial charge in [-0.3, -0.25) is 0 Å². The highest BCUT2D eigenvalue weighted by Gasteiger charge is 2.49. The fourth-order valence-corrected chi connectivity index (χ4v) is 4.11. The van der Waals surface area contributed by atoms with E-state index in [0.717, 1.165) is 49.3 Å². The van der Waals surface area contributed by atoms with Crippen LogP contribution in [-0.4, -0.2) is 35.3 Å². The van der Waals surface area contributed by atoms with Gasteiger partial charge >= 0.3 is 6.09 Å². The van der Waals surface area contributed by atoms with Gasteiger partial charge in [-0.15, -0.1) is 0 Å². The molecular formula is C19H20FN3O2. The first kappa shape index (κ1) is 15.9. The predicted octanol–water partition coefficient (Wildman–Crippen LogP) is 3.51. The van der Waals surface area contributed by atoms with Gasteiger partial charge in [0.15, 0.2) is 0 Å². The Bertz CT molecular complexity index is 770. The molecular weight excluding hydrogens is 321 g/mol. The van der Waals surface area contributed by atoms with Crippen molar-refractivity contribution in [3.05, 3.63) is 48.4 Å². The third-order valence-electron chi connectivity index (χ3n) is 5.37. The molecule has 2 aliphatic rings. The lowest BCUT2D eigenvalue weighted by Crippen LogP contribution is -2.51. The van der Waals surface area contributed by atoms with E-state index in [1.54, 1.807) is 12.1 Å². The van der Waals surface area contributed by atoms with Gasteiger partial charge in [-0.1, -0.05) is 12.1 Å². The normalized spacial score (nSPS) is 25.0. The Morgan fingerprint density at radius 2 is 1.92 bits per heavy atom. The first-order chi connectivity index (χ1) is 12.0. The summed E-state index contributed by atoms with van der Waals surface area (Å²) < 4.78 is 13.0. The molecule has 1 spiro atoms. The van der Waals surface area contributed by atoms with Crippen LogP contribution in [0.2, 0.25) is 0 Å². The Kier molecular flexibility index (Phi) is 3.82. The van der Waals surface area contributed by atoms with Gasteiger partial charge in [-0.2, -0.15) is 0 Å².